The van der Waals surface area contributed by atoms with Gasteiger partial charge in [-0.05, 0) is 0 Å². The number of carbonyl (C=O) groups excluding carboxylic acids is 3. The van der Waals surface area contributed by atoms with Crippen LogP contribution in [0.1, 0.15) is 0 Å². The van der Waals surface area contributed by atoms with Gasteiger partial charge in [0.15, 0.2) is 0 Å². The largest absolute Gasteiger partial charge is 2.00 e. The Kier molecular flexibility index (Phi) is 19.3. The van der Waals surface area contributed by atoms with E-state index in [4.69, 9.17) is 0 Å². The molecule has 0 aromatic heterocycles. The van der Waals surface area contributed by atoms with E-state index in [2.05, 4.69) is 106 Å². The SMILES string of the molecule is C=CC(=O)[O][Al]([O]C(=O)C=C)[O]C(=O)C=C.C[Si](C)[c-]1cccc1.C[Si](C)[c-]1cccc1.[Fe+2]. The Balaban J connectivity index is 0. The quantitative estimate of drug-likeness (QED) is 0.291. The molecule has 0 aliphatic rings. The minimum Gasteiger partial charge on any atom is -0.548 e. The first kappa shape index (κ1) is 33.0. The molecule has 0 N–H and O–H groups in total. The molecule has 33 heavy (non-hydrogen) atoms. The normalized spacial score (nSPS) is 9.03. The van der Waals surface area contributed by atoms with E-state index in [0.29, 0.717) is 0 Å². The third-order valence-electron chi connectivity index (χ3n) is 3.62. The summed E-state index contributed by atoms with van der Waals surface area (Å²) >= 11 is -3.22. The first-order valence-electron chi connectivity index (χ1n) is 9.68. The Hall–Kier alpha value is -2.18. The summed E-state index contributed by atoms with van der Waals surface area (Å²) in [7, 11) is -0.338. The molecule has 0 saturated carbocycles. The predicted molar refractivity (Wildman–Crippen MR) is 133 cm³/mol. The van der Waals surface area contributed by atoms with Gasteiger partial charge in [0, 0.05) is 35.8 Å². The average Bonchev–Trinajstić information content (AvgIpc) is 3.48. The molecule has 176 valence electrons. The van der Waals surface area contributed by atoms with Crippen molar-refractivity contribution in [3.63, 3.8) is 0 Å². The van der Waals surface area contributed by atoms with Crippen LogP contribution in [0.25, 0.3) is 0 Å². The van der Waals surface area contributed by atoms with Crippen LogP contribution in [-0.2, 0) is 42.8 Å². The molecule has 0 aliphatic carbocycles. The number of hydrogen-bond acceptors (Lipinski definition) is 6. The Bertz CT molecular complexity index is 758. The number of carbonyl (C=O) groups is 3. The van der Waals surface area contributed by atoms with Crippen LogP contribution in [0, 0.1) is 0 Å². The number of rotatable bonds is 8. The van der Waals surface area contributed by atoms with Gasteiger partial charge in [-0.1, -0.05) is 45.9 Å². The first-order chi connectivity index (χ1) is 15.1. The van der Waals surface area contributed by atoms with Gasteiger partial charge in [0.25, 0.3) is 17.9 Å². The molecule has 0 amide bonds. The molecule has 2 rings (SSSR count). The third-order valence-corrected chi connectivity index (χ3v) is 7.87. The summed E-state index contributed by atoms with van der Waals surface area (Å²) in [4.78, 5) is 32.5. The molecule has 6 nitrogen and oxygen atoms in total. The van der Waals surface area contributed by atoms with E-state index in [0.717, 1.165) is 18.2 Å². The van der Waals surface area contributed by atoms with E-state index in [9.17, 15) is 14.4 Å². The van der Waals surface area contributed by atoms with Crippen molar-refractivity contribution in [2.45, 2.75) is 26.2 Å². The summed E-state index contributed by atoms with van der Waals surface area (Å²) in [6, 6.07) is 17.2. The summed E-state index contributed by atoms with van der Waals surface area (Å²) in [5, 5.41) is 3.07. The van der Waals surface area contributed by atoms with Crippen molar-refractivity contribution in [1.29, 1.82) is 0 Å². The van der Waals surface area contributed by atoms with E-state index in [-0.39, 0.29) is 34.7 Å². The Labute approximate surface area is 215 Å². The molecular formula is C23H29AlFeO6Si2. The van der Waals surface area contributed by atoms with Crippen LogP contribution < -0.4 is 10.4 Å². The van der Waals surface area contributed by atoms with Gasteiger partial charge in [0.2, 0.25) is 0 Å². The molecule has 0 aliphatic heterocycles. The van der Waals surface area contributed by atoms with Crippen molar-refractivity contribution in [3.05, 3.63) is 86.5 Å². The fourth-order valence-corrected chi connectivity index (χ4v) is 4.64. The Morgan fingerprint density at radius 1 is 0.667 bits per heavy atom. The molecule has 0 unspecified atom stereocenters. The minimum atomic E-state index is -3.22. The van der Waals surface area contributed by atoms with Gasteiger partial charge in [0.05, 0.1) is 0 Å². The van der Waals surface area contributed by atoms with Crippen molar-refractivity contribution < 1.29 is 42.8 Å². The fourth-order valence-electron chi connectivity index (χ4n) is 1.92. The molecule has 2 aromatic rings. The summed E-state index contributed by atoms with van der Waals surface area (Å²) in [5.74, 6) is -2.57. The summed E-state index contributed by atoms with van der Waals surface area (Å²) in [6.07, 6.45) is 2.55. The zero-order valence-corrected chi connectivity index (χ0v) is 23.6. The van der Waals surface area contributed by atoms with Crippen molar-refractivity contribution in [1.82, 2.24) is 0 Å². The van der Waals surface area contributed by atoms with Gasteiger partial charge in [-0.15, -0.1) is 0 Å². The van der Waals surface area contributed by atoms with Gasteiger partial charge in [0.1, 0.15) is 0 Å². The van der Waals surface area contributed by atoms with Gasteiger partial charge < -0.3 is 11.4 Å². The average molecular weight is 540 g/mol. The molecule has 0 fully saturated rings. The van der Waals surface area contributed by atoms with E-state index >= 15 is 0 Å². The molecular weight excluding hydrogens is 511 g/mol. The van der Waals surface area contributed by atoms with Crippen molar-refractivity contribution in [2.75, 3.05) is 0 Å². The summed E-state index contributed by atoms with van der Waals surface area (Å²) in [6.45, 7) is 18.6. The minimum absolute atomic E-state index is 0. The number of hydrogen-bond donors (Lipinski definition) is 0. The van der Waals surface area contributed by atoms with E-state index in [1.807, 2.05) is 0 Å². The predicted octanol–water partition coefficient (Wildman–Crippen LogP) is 2.89. The second kappa shape index (κ2) is 19.3. The molecule has 0 atom stereocenters. The first-order valence-corrected chi connectivity index (χ1v) is 16.1. The van der Waals surface area contributed by atoms with Crippen molar-refractivity contribution in [2.24, 2.45) is 0 Å². The molecule has 0 heterocycles. The molecule has 0 spiro atoms. The van der Waals surface area contributed by atoms with Crippen molar-refractivity contribution >= 4 is 61.0 Å². The van der Waals surface area contributed by atoms with Crippen LogP contribution >= 0.6 is 0 Å². The second-order valence-corrected chi connectivity index (χ2v) is 13.0. The summed E-state index contributed by atoms with van der Waals surface area (Å²) in [5.41, 5.74) is 0. The van der Waals surface area contributed by atoms with E-state index in [1.54, 1.807) is 0 Å². The smallest absolute Gasteiger partial charge is 0.548 e. The van der Waals surface area contributed by atoms with Crippen molar-refractivity contribution in [3.8, 4) is 0 Å². The second-order valence-electron chi connectivity index (χ2n) is 6.56. The monoisotopic (exact) mass is 540 g/mol. The zero-order chi connectivity index (χ0) is 24.5. The van der Waals surface area contributed by atoms with Gasteiger partial charge >= 0.3 is 32.2 Å². The molecule has 0 bridgehead atoms. The standard InChI is InChI=1S/2C7H10Si.3C3H4O2.Al.Fe/c2*1-8(2)7-5-3-4-6-7;3*1-2-3(4)5;;/h2*3-6H,1-2H3;3*2H,1H2,(H,4,5);;/q2*-1;;;;+3;+2/p-3. The van der Waals surface area contributed by atoms with Crippen LogP contribution in [0.3, 0.4) is 0 Å². The van der Waals surface area contributed by atoms with E-state index in [1.165, 1.54) is 10.4 Å². The Morgan fingerprint density at radius 2 is 0.909 bits per heavy atom. The van der Waals surface area contributed by atoms with Gasteiger partial charge in [-0.2, -0.15) is 34.6 Å². The van der Waals surface area contributed by atoms with Crippen LogP contribution in [-0.4, -0.2) is 50.7 Å². The maximum atomic E-state index is 10.8. The molecule has 2 radical (unpaired) electrons. The fraction of sp³-hybridized carbons (Fsp3) is 0.174. The van der Waals surface area contributed by atoms with Crippen LogP contribution in [0.5, 0.6) is 0 Å². The third kappa shape index (κ3) is 16.1. The zero-order valence-electron chi connectivity index (χ0n) is 19.4. The maximum Gasteiger partial charge on any atom is 2.00 e. The molecule has 2 aromatic carbocycles. The van der Waals surface area contributed by atoms with Crippen LogP contribution in [0.15, 0.2) is 86.5 Å². The molecule has 10 heteroatoms. The van der Waals surface area contributed by atoms with Gasteiger partial charge in [-0.25, -0.2) is 24.3 Å². The van der Waals surface area contributed by atoms with Crippen LogP contribution in [0.4, 0.5) is 0 Å². The molecule has 0 saturated heterocycles. The van der Waals surface area contributed by atoms with E-state index < -0.39 is 33.1 Å². The summed E-state index contributed by atoms with van der Waals surface area (Å²) < 4.78 is 13.6. The van der Waals surface area contributed by atoms with Gasteiger partial charge in [-0.3, -0.25) is 14.4 Å². The maximum absolute atomic E-state index is 10.8. The topological polar surface area (TPSA) is 78.9 Å². The Morgan fingerprint density at radius 3 is 1.06 bits per heavy atom. The van der Waals surface area contributed by atoms with Crippen LogP contribution in [0.2, 0.25) is 26.2 Å².